The van der Waals surface area contributed by atoms with E-state index in [4.69, 9.17) is 16.3 Å². The largest absolute Gasteiger partial charge is 0.483 e. The van der Waals surface area contributed by atoms with Gasteiger partial charge in [0, 0.05) is 5.02 Å². The molecule has 0 heterocycles. The molecule has 0 fully saturated rings. The van der Waals surface area contributed by atoms with Crippen molar-refractivity contribution in [3.05, 3.63) is 64.2 Å². The molecule has 0 unspecified atom stereocenters. The number of ether oxygens (including phenoxy) is 1. The lowest BCUT2D eigenvalue weighted by Crippen LogP contribution is -2.26. The van der Waals surface area contributed by atoms with Crippen LogP contribution in [0.15, 0.2) is 47.6 Å². The fourth-order valence-corrected chi connectivity index (χ4v) is 2.40. The van der Waals surface area contributed by atoms with E-state index in [9.17, 15) is 4.79 Å². The Kier molecular flexibility index (Phi) is 6.38. The van der Waals surface area contributed by atoms with Gasteiger partial charge in [-0.3, -0.25) is 4.79 Å². The standard InChI is InChI=1S/C19H21ClN2O2/c1-4-17(15-7-5-13(2)6-8-15)21-22-19(23)12-24-18-10-9-16(20)11-14(18)3/h5-11H,4,12H2,1-3H3,(H,22,23)/b21-17-. The zero-order chi connectivity index (χ0) is 17.5. The number of carbonyl (C=O) groups is 1. The first-order chi connectivity index (χ1) is 11.5. The van der Waals surface area contributed by atoms with Gasteiger partial charge < -0.3 is 4.74 Å². The summed E-state index contributed by atoms with van der Waals surface area (Å²) in [5, 5.41) is 4.85. The second-order valence-corrected chi connectivity index (χ2v) is 5.95. The minimum atomic E-state index is -0.303. The number of benzene rings is 2. The smallest absolute Gasteiger partial charge is 0.277 e. The highest BCUT2D eigenvalue weighted by Gasteiger charge is 2.06. The number of hydrogen-bond donors (Lipinski definition) is 1. The van der Waals surface area contributed by atoms with E-state index >= 15 is 0 Å². The van der Waals surface area contributed by atoms with Crippen LogP contribution in [0.2, 0.25) is 5.02 Å². The van der Waals surface area contributed by atoms with Crippen molar-refractivity contribution in [2.75, 3.05) is 6.61 Å². The lowest BCUT2D eigenvalue weighted by molar-refractivity contribution is -0.123. The van der Waals surface area contributed by atoms with Gasteiger partial charge in [-0.15, -0.1) is 0 Å². The van der Waals surface area contributed by atoms with Gasteiger partial charge in [0.25, 0.3) is 5.91 Å². The molecule has 5 heteroatoms. The van der Waals surface area contributed by atoms with Crippen LogP contribution in [-0.4, -0.2) is 18.2 Å². The van der Waals surface area contributed by atoms with E-state index in [1.165, 1.54) is 5.56 Å². The van der Waals surface area contributed by atoms with Crippen LogP contribution in [0, 0.1) is 13.8 Å². The van der Waals surface area contributed by atoms with Crippen LogP contribution in [-0.2, 0) is 4.79 Å². The highest BCUT2D eigenvalue weighted by atomic mass is 35.5. The first kappa shape index (κ1) is 18.0. The van der Waals surface area contributed by atoms with E-state index in [1.807, 2.05) is 45.0 Å². The number of nitrogens with one attached hydrogen (secondary N) is 1. The van der Waals surface area contributed by atoms with Crippen LogP contribution in [0.25, 0.3) is 0 Å². The van der Waals surface area contributed by atoms with Crippen molar-refractivity contribution in [3.63, 3.8) is 0 Å². The molecule has 0 bridgehead atoms. The van der Waals surface area contributed by atoms with Gasteiger partial charge in [0.15, 0.2) is 6.61 Å². The summed E-state index contributed by atoms with van der Waals surface area (Å²) in [6.45, 7) is 5.81. The number of nitrogens with zero attached hydrogens (tertiary/aromatic N) is 1. The van der Waals surface area contributed by atoms with Crippen LogP contribution < -0.4 is 10.2 Å². The minimum absolute atomic E-state index is 0.100. The molecule has 0 aliphatic heterocycles. The summed E-state index contributed by atoms with van der Waals surface area (Å²) in [5.74, 6) is 0.329. The molecule has 1 N–H and O–H groups in total. The normalized spacial score (nSPS) is 11.2. The van der Waals surface area contributed by atoms with Crippen LogP contribution >= 0.6 is 11.6 Å². The van der Waals surface area contributed by atoms with Gasteiger partial charge in [-0.1, -0.05) is 48.4 Å². The number of amides is 1. The molecule has 0 aliphatic carbocycles. The number of halogens is 1. The lowest BCUT2D eigenvalue weighted by atomic mass is 10.1. The topological polar surface area (TPSA) is 50.7 Å². The maximum absolute atomic E-state index is 11.9. The third-order valence-electron chi connectivity index (χ3n) is 3.53. The predicted molar refractivity (Wildman–Crippen MR) is 97.8 cm³/mol. The van der Waals surface area contributed by atoms with E-state index in [1.54, 1.807) is 18.2 Å². The molecule has 4 nitrogen and oxygen atoms in total. The summed E-state index contributed by atoms with van der Waals surface area (Å²) in [6.07, 6.45) is 0.723. The predicted octanol–water partition coefficient (Wildman–Crippen LogP) is 4.27. The molecule has 1 amide bonds. The summed E-state index contributed by atoms with van der Waals surface area (Å²) in [4.78, 5) is 11.9. The highest BCUT2D eigenvalue weighted by molar-refractivity contribution is 6.30. The zero-order valence-corrected chi connectivity index (χ0v) is 14.9. The Hall–Kier alpha value is -2.33. The molecule has 24 heavy (non-hydrogen) atoms. The van der Waals surface area contributed by atoms with Crippen molar-refractivity contribution in [3.8, 4) is 5.75 Å². The maximum Gasteiger partial charge on any atom is 0.277 e. The lowest BCUT2D eigenvalue weighted by Gasteiger charge is -2.09. The van der Waals surface area contributed by atoms with Gasteiger partial charge in [-0.2, -0.15) is 5.10 Å². The molecule has 2 rings (SSSR count). The zero-order valence-electron chi connectivity index (χ0n) is 14.1. The van der Waals surface area contributed by atoms with Gasteiger partial charge in [0.05, 0.1) is 5.71 Å². The Labute approximate surface area is 147 Å². The van der Waals surface area contributed by atoms with Crippen molar-refractivity contribution in [2.45, 2.75) is 27.2 Å². The summed E-state index contributed by atoms with van der Waals surface area (Å²) >= 11 is 5.90. The van der Waals surface area contributed by atoms with Gasteiger partial charge in [-0.05, 0) is 49.6 Å². The second kappa shape index (κ2) is 8.50. The molecule has 0 spiro atoms. The van der Waals surface area contributed by atoms with Crippen LogP contribution in [0.5, 0.6) is 5.75 Å². The van der Waals surface area contributed by atoms with Crippen LogP contribution in [0.1, 0.15) is 30.0 Å². The molecule has 126 valence electrons. The van der Waals surface area contributed by atoms with Gasteiger partial charge in [0.2, 0.25) is 0 Å². The fourth-order valence-electron chi connectivity index (χ4n) is 2.17. The van der Waals surface area contributed by atoms with E-state index < -0.39 is 0 Å². The Morgan fingerprint density at radius 1 is 1.17 bits per heavy atom. The molecule has 0 aliphatic rings. The Bertz CT molecular complexity index is 740. The van der Waals surface area contributed by atoms with Crippen molar-refractivity contribution in [2.24, 2.45) is 5.10 Å². The molecule has 0 saturated heterocycles. The SMILES string of the molecule is CC/C(=N/NC(=O)COc1ccc(Cl)cc1C)c1ccc(C)cc1. The highest BCUT2D eigenvalue weighted by Crippen LogP contribution is 2.21. The summed E-state index contributed by atoms with van der Waals surface area (Å²) in [6, 6.07) is 13.3. The monoisotopic (exact) mass is 344 g/mol. The summed E-state index contributed by atoms with van der Waals surface area (Å²) in [7, 11) is 0. The number of hydrogen-bond acceptors (Lipinski definition) is 3. The van der Waals surface area contributed by atoms with Crippen molar-refractivity contribution in [1.82, 2.24) is 5.43 Å². The van der Waals surface area contributed by atoms with Crippen LogP contribution in [0.4, 0.5) is 0 Å². The molecular formula is C19H21ClN2O2. The van der Waals surface area contributed by atoms with Gasteiger partial charge >= 0.3 is 0 Å². The summed E-state index contributed by atoms with van der Waals surface area (Å²) < 4.78 is 5.50. The molecule has 0 atom stereocenters. The molecule has 2 aromatic carbocycles. The van der Waals surface area contributed by atoms with Crippen molar-refractivity contribution < 1.29 is 9.53 Å². The summed E-state index contributed by atoms with van der Waals surface area (Å²) in [5.41, 5.74) is 6.44. The Morgan fingerprint density at radius 3 is 2.50 bits per heavy atom. The number of rotatable bonds is 6. The molecule has 0 saturated carbocycles. The number of aryl methyl sites for hydroxylation is 2. The Balaban J connectivity index is 1.94. The van der Waals surface area contributed by atoms with Gasteiger partial charge in [-0.25, -0.2) is 5.43 Å². The van der Waals surface area contributed by atoms with Crippen molar-refractivity contribution >= 4 is 23.2 Å². The maximum atomic E-state index is 11.9. The number of hydrazone groups is 1. The van der Waals surface area contributed by atoms with E-state index in [-0.39, 0.29) is 12.5 Å². The molecule has 0 aromatic heterocycles. The average Bonchev–Trinajstić information content (AvgIpc) is 2.56. The molecule has 0 radical (unpaired) electrons. The average molecular weight is 345 g/mol. The third-order valence-corrected chi connectivity index (χ3v) is 3.77. The Morgan fingerprint density at radius 2 is 1.88 bits per heavy atom. The van der Waals surface area contributed by atoms with E-state index in [0.29, 0.717) is 10.8 Å². The van der Waals surface area contributed by atoms with E-state index in [2.05, 4.69) is 10.5 Å². The third kappa shape index (κ3) is 5.10. The minimum Gasteiger partial charge on any atom is -0.483 e. The van der Waals surface area contributed by atoms with Crippen LogP contribution in [0.3, 0.4) is 0 Å². The first-order valence-corrected chi connectivity index (χ1v) is 8.18. The fraction of sp³-hybridized carbons (Fsp3) is 0.263. The van der Waals surface area contributed by atoms with Gasteiger partial charge in [0.1, 0.15) is 5.75 Å². The quantitative estimate of drug-likeness (QED) is 0.628. The molecule has 2 aromatic rings. The molecular weight excluding hydrogens is 324 g/mol. The van der Waals surface area contributed by atoms with E-state index in [0.717, 1.165) is 23.3 Å². The number of carbonyl (C=O) groups excluding carboxylic acids is 1. The first-order valence-electron chi connectivity index (χ1n) is 7.81. The second-order valence-electron chi connectivity index (χ2n) is 5.51. The van der Waals surface area contributed by atoms with Crippen molar-refractivity contribution in [1.29, 1.82) is 0 Å².